The molecule has 2 aromatic carbocycles. The van der Waals surface area contributed by atoms with E-state index in [4.69, 9.17) is 4.74 Å². The quantitative estimate of drug-likeness (QED) is 0.439. The first kappa shape index (κ1) is 31.2. The van der Waals surface area contributed by atoms with Crippen molar-refractivity contribution >= 4 is 29.9 Å². The van der Waals surface area contributed by atoms with Gasteiger partial charge in [-0.1, -0.05) is 44.2 Å². The molecule has 1 saturated carbocycles. The van der Waals surface area contributed by atoms with Crippen LogP contribution in [0.2, 0.25) is 0 Å². The minimum absolute atomic E-state index is 0. The zero-order valence-corrected chi connectivity index (χ0v) is 25.9. The predicted molar refractivity (Wildman–Crippen MR) is 167 cm³/mol. The Morgan fingerprint density at radius 2 is 1.73 bits per heavy atom. The van der Waals surface area contributed by atoms with Gasteiger partial charge in [-0.15, -0.1) is 12.4 Å². The number of amides is 2. The number of benzene rings is 2. The lowest BCUT2D eigenvalue weighted by molar-refractivity contribution is -0.146. The van der Waals surface area contributed by atoms with Crippen molar-refractivity contribution in [3.63, 3.8) is 0 Å². The molecule has 3 aliphatic rings. The second-order valence-electron chi connectivity index (χ2n) is 12.5. The molecule has 2 aromatic rings. The molecule has 8 heteroatoms. The number of piperidine rings is 1. The van der Waals surface area contributed by atoms with Crippen LogP contribution in [0.1, 0.15) is 70.4 Å². The predicted octanol–water partition coefficient (Wildman–Crippen LogP) is 5.23. The zero-order chi connectivity index (χ0) is 28.3. The number of carbonyl (C=O) groups is 2. The van der Waals surface area contributed by atoms with Crippen molar-refractivity contribution < 1.29 is 14.3 Å². The Morgan fingerprint density at radius 1 is 1.02 bits per heavy atom. The number of hydrogen-bond donors (Lipinski definition) is 1. The fourth-order valence-electron chi connectivity index (χ4n) is 5.96. The number of piperazine rings is 1. The molecule has 3 fully saturated rings. The molecular weight excluding hydrogens is 536 g/mol. The van der Waals surface area contributed by atoms with Gasteiger partial charge < -0.3 is 24.8 Å². The van der Waals surface area contributed by atoms with Crippen molar-refractivity contribution in [1.82, 2.24) is 15.1 Å². The molecule has 0 unspecified atom stereocenters. The maximum atomic E-state index is 13.8. The highest BCUT2D eigenvalue weighted by Crippen LogP contribution is 2.33. The Balaban J connectivity index is 0.00000387. The topological polar surface area (TPSA) is 65.1 Å². The number of ether oxygens (including phenoxy) is 1. The normalized spacial score (nSPS) is 19.5. The number of halogens is 1. The lowest BCUT2D eigenvalue weighted by Crippen LogP contribution is -2.54. The first-order valence-electron chi connectivity index (χ1n) is 15.1. The Morgan fingerprint density at radius 3 is 2.39 bits per heavy atom. The van der Waals surface area contributed by atoms with E-state index in [-0.39, 0.29) is 30.1 Å². The van der Waals surface area contributed by atoms with Crippen LogP contribution in [-0.2, 0) is 16.1 Å². The third kappa shape index (κ3) is 7.75. The van der Waals surface area contributed by atoms with E-state index in [9.17, 15) is 9.59 Å². The van der Waals surface area contributed by atoms with Crippen molar-refractivity contribution in [2.75, 3.05) is 44.2 Å². The minimum atomic E-state index is -0.950. The number of rotatable bonds is 9. The summed E-state index contributed by atoms with van der Waals surface area (Å²) in [6, 6.07) is 17.2. The summed E-state index contributed by atoms with van der Waals surface area (Å²) in [4.78, 5) is 33.3. The highest BCUT2D eigenvalue weighted by atomic mass is 35.5. The smallest absolute Gasteiger partial charge is 0.266 e. The van der Waals surface area contributed by atoms with Crippen LogP contribution >= 0.6 is 12.4 Å². The summed E-state index contributed by atoms with van der Waals surface area (Å²) in [5.41, 5.74) is 2.63. The maximum Gasteiger partial charge on any atom is 0.266 e. The van der Waals surface area contributed by atoms with E-state index in [2.05, 4.69) is 59.3 Å². The Bertz CT molecular complexity index is 1180. The monoisotopic (exact) mass is 582 g/mol. The maximum absolute atomic E-state index is 13.8. The van der Waals surface area contributed by atoms with Crippen molar-refractivity contribution in [2.24, 2.45) is 5.92 Å². The third-order valence-corrected chi connectivity index (χ3v) is 8.52. The number of anilines is 1. The third-order valence-electron chi connectivity index (χ3n) is 8.52. The summed E-state index contributed by atoms with van der Waals surface area (Å²) in [6.45, 7) is 13.5. The zero-order valence-electron chi connectivity index (χ0n) is 25.1. The van der Waals surface area contributed by atoms with Gasteiger partial charge in [0.1, 0.15) is 5.75 Å². The molecular formula is C33H47ClN4O3. The van der Waals surface area contributed by atoms with E-state index in [1.807, 2.05) is 36.9 Å². The molecule has 0 spiro atoms. The molecule has 2 heterocycles. The molecule has 1 N–H and O–H groups in total. The first-order valence-corrected chi connectivity index (χ1v) is 15.1. The van der Waals surface area contributed by atoms with Gasteiger partial charge in [-0.2, -0.15) is 0 Å². The minimum Gasteiger partial charge on any atom is -0.478 e. The van der Waals surface area contributed by atoms with Gasteiger partial charge in [0.25, 0.3) is 5.91 Å². The van der Waals surface area contributed by atoms with Gasteiger partial charge in [0, 0.05) is 63.6 Å². The van der Waals surface area contributed by atoms with E-state index >= 15 is 0 Å². The second kappa shape index (κ2) is 13.5. The summed E-state index contributed by atoms with van der Waals surface area (Å²) in [5.74, 6) is 1.48. The molecule has 0 radical (unpaired) electrons. The molecule has 224 valence electrons. The molecule has 0 bridgehead atoms. The standard InChI is InChI=1S/C33H46N4O3.ClH/c1-24(2)26-12-10-25(11-13-26)22-37(28-14-15-28)31(38)27-7-6-18-36(23-27)29-8-5-9-30(21-29)40-33(3,4)32(39)35-19-16-34-17-20-35;/h5,8-13,21,24,27-28,34H,6-7,14-20,22-23H2,1-4H3;1H/t27-;/m0./s1. The average Bonchev–Trinajstić information content (AvgIpc) is 3.81. The second-order valence-corrected chi connectivity index (χ2v) is 12.5. The van der Waals surface area contributed by atoms with Gasteiger partial charge in [0.15, 0.2) is 5.60 Å². The van der Waals surface area contributed by atoms with Gasteiger partial charge in [0.05, 0.1) is 5.92 Å². The van der Waals surface area contributed by atoms with Gasteiger partial charge in [-0.3, -0.25) is 9.59 Å². The number of hydrogen-bond acceptors (Lipinski definition) is 5. The van der Waals surface area contributed by atoms with E-state index in [0.717, 1.165) is 51.0 Å². The summed E-state index contributed by atoms with van der Waals surface area (Å²) in [7, 11) is 0. The van der Waals surface area contributed by atoms with Crippen LogP contribution in [-0.4, -0.2) is 72.5 Å². The fourth-order valence-corrected chi connectivity index (χ4v) is 5.96. The Hall–Kier alpha value is -2.77. The Kier molecular flexibility index (Phi) is 10.2. The van der Waals surface area contributed by atoms with E-state index in [0.29, 0.717) is 43.9 Å². The van der Waals surface area contributed by atoms with Crippen molar-refractivity contribution in [1.29, 1.82) is 0 Å². The van der Waals surface area contributed by atoms with Crippen LogP contribution in [0.4, 0.5) is 5.69 Å². The molecule has 5 rings (SSSR count). The number of nitrogens with zero attached hydrogens (tertiary/aromatic N) is 3. The molecule has 1 atom stereocenters. The Labute approximate surface area is 252 Å². The summed E-state index contributed by atoms with van der Waals surface area (Å²) >= 11 is 0. The van der Waals surface area contributed by atoms with Gasteiger partial charge >= 0.3 is 0 Å². The summed E-state index contributed by atoms with van der Waals surface area (Å²) in [6.07, 6.45) is 4.12. The van der Waals surface area contributed by atoms with E-state index < -0.39 is 5.60 Å². The molecule has 0 aromatic heterocycles. The van der Waals surface area contributed by atoms with Crippen LogP contribution in [0.3, 0.4) is 0 Å². The number of nitrogens with one attached hydrogen (secondary N) is 1. The molecule has 2 saturated heterocycles. The fraction of sp³-hybridized carbons (Fsp3) is 0.576. The largest absolute Gasteiger partial charge is 0.478 e. The van der Waals surface area contributed by atoms with Crippen LogP contribution < -0.4 is 15.0 Å². The summed E-state index contributed by atoms with van der Waals surface area (Å²) in [5, 5.41) is 3.29. The van der Waals surface area contributed by atoms with E-state index in [1.54, 1.807) is 0 Å². The lowest BCUT2D eigenvalue weighted by atomic mass is 9.95. The first-order chi connectivity index (χ1) is 19.2. The SMILES string of the molecule is CC(C)c1ccc(CN(C(=O)[C@H]2CCCN(c3cccc(OC(C)(C)C(=O)N4CCNCC4)c3)C2)C2CC2)cc1.Cl. The molecule has 2 aliphatic heterocycles. The molecule has 41 heavy (non-hydrogen) atoms. The molecule has 1 aliphatic carbocycles. The van der Waals surface area contributed by atoms with Gasteiger partial charge in [-0.25, -0.2) is 0 Å². The number of carbonyl (C=O) groups excluding carboxylic acids is 2. The molecule has 2 amide bonds. The molecule has 7 nitrogen and oxygen atoms in total. The van der Waals surface area contributed by atoms with E-state index in [1.165, 1.54) is 11.1 Å². The van der Waals surface area contributed by atoms with Crippen molar-refractivity contribution in [3.8, 4) is 5.75 Å². The van der Waals surface area contributed by atoms with Crippen molar-refractivity contribution in [3.05, 3.63) is 59.7 Å². The van der Waals surface area contributed by atoms with Crippen LogP contribution in [0.15, 0.2) is 48.5 Å². The van der Waals surface area contributed by atoms with Gasteiger partial charge in [-0.05, 0) is 68.7 Å². The lowest BCUT2D eigenvalue weighted by Gasteiger charge is -2.37. The average molecular weight is 583 g/mol. The highest BCUT2D eigenvalue weighted by molar-refractivity contribution is 5.85. The van der Waals surface area contributed by atoms with Crippen molar-refractivity contribution in [2.45, 2.75) is 77.5 Å². The summed E-state index contributed by atoms with van der Waals surface area (Å²) < 4.78 is 6.28. The van der Waals surface area contributed by atoms with Crippen LogP contribution in [0.5, 0.6) is 5.75 Å². The van der Waals surface area contributed by atoms with Crippen LogP contribution in [0, 0.1) is 5.92 Å². The van der Waals surface area contributed by atoms with Gasteiger partial charge in [0.2, 0.25) is 5.91 Å². The highest BCUT2D eigenvalue weighted by Gasteiger charge is 2.38. The van der Waals surface area contributed by atoms with Crippen LogP contribution in [0.25, 0.3) is 0 Å².